The van der Waals surface area contributed by atoms with Crippen molar-refractivity contribution in [2.45, 2.75) is 124 Å². The molecule has 0 amide bonds. The number of H-pyrrole nitrogens is 4. The number of rotatable bonds is 16. The summed E-state index contributed by atoms with van der Waals surface area (Å²) in [6.07, 6.45) is -3.45. The Bertz CT molecular complexity index is 3940. The number of aromatic amines is 4. The topological polar surface area (TPSA) is 548 Å². The van der Waals surface area contributed by atoms with Crippen LogP contribution in [-0.2, 0) is 95.1 Å². The summed E-state index contributed by atoms with van der Waals surface area (Å²) in [5, 5.41) is 41.2. The molecule has 4 aromatic rings. The van der Waals surface area contributed by atoms with Gasteiger partial charge < -0.3 is 58.3 Å². The van der Waals surface area contributed by atoms with Gasteiger partial charge in [-0.15, -0.1) is 0 Å². The first-order valence-electron chi connectivity index (χ1n) is 27.1. The van der Waals surface area contributed by atoms with Crippen LogP contribution in [0.2, 0.25) is 0 Å². The Balaban J connectivity index is 0.000000145. The van der Waals surface area contributed by atoms with Crippen LogP contribution in [0.25, 0.3) is 0 Å². The fraction of sp³-hybridized carbons (Fsp3) is 0.667. The smallest absolute Gasteiger partial charge is 0.330 e. The highest BCUT2D eigenvalue weighted by Crippen LogP contribution is 2.48. The fourth-order valence-electron chi connectivity index (χ4n) is 10.9. The zero-order valence-corrected chi connectivity index (χ0v) is 52.8. The average Bonchev–Trinajstić information content (AvgIpc) is 1.61. The first-order valence-corrected chi connectivity index (χ1v) is 34.3. The van der Waals surface area contributed by atoms with Crippen LogP contribution in [0.5, 0.6) is 0 Å². The molecule has 0 unspecified atom stereocenters. The lowest BCUT2D eigenvalue weighted by Gasteiger charge is -2.30. The lowest BCUT2D eigenvalue weighted by atomic mass is 10.0. The number of hydrogen-bond acceptors (Lipinski definition) is 32. The highest BCUT2D eigenvalue weighted by molar-refractivity contribution is 7.86. The summed E-state index contributed by atoms with van der Waals surface area (Å²) in [4.78, 5) is 102. The molecular weight excluding hydrogens is 1330 g/mol. The zero-order chi connectivity index (χ0) is 68.0. The molecule has 8 aliphatic heterocycles. The van der Waals surface area contributed by atoms with Crippen LogP contribution >= 0.6 is 0 Å². The third kappa shape index (κ3) is 14.1. The van der Waals surface area contributed by atoms with Gasteiger partial charge in [0.2, 0.25) is 0 Å². The van der Waals surface area contributed by atoms with Crippen molar-refractivity contribution in [3.05, 3.63) is 130 Å². The van der Waals surface area contributed by atoms with E-state index in [9.17, 15) is 92.5 Å². The SMILES string of the molecule is Cc1cn([C@@H]2O[C@@]3(COS(C)(=O)=O)CO[C@@H]2[C@@H]3O)c(=O)[nH]c1=O.Cc1cn([C@@H]2O[C@@]3(COS(C)(=O)=O)CO[C@@H]2[C@@H]3O)c(=O)[nH]c1=O.Cc1cn([C@@H]2O[C@@]3(COS(C)(=O)=O)CO[C@@H]2[C@@H]3O)c(=O)[nH]c1=O.Cc1cn([C@@H]2O[C@@]3(COS(C)(=O)=O)CO[C@@H]2[C@@H]3O)c(=O)[nH]c1=O. The molecule has 8 bridgehead atoms. The van der Waals surface area contributed by atoms with Crippen LogP contribution in [0.15, 0.2) is 63.1 Å². The van der Waals surface area contributed by atoms with E-state index in [-0.39, 0.29) is 48.7 Å². The highest BCUT2D eigenvalue weighted by Gasteiger charge is 2.66. The summed E-state index contributed by atoms with van der Waals surface area (Å²) in [7, 11) is -14.9. The predicted molar refractivity (Wildman–Crippen MR) is 302 cm³/mol. The zero-order valence-electron chi connectivity index (χ0n) is 49.5. The van der Waals surface area contributed by atoms with E-state index in [1.807, 2.05) is 0 Å². The van der Waals surface area contributed by atoms with Gasteiger partial charge in [-0.05, 0) is 27.7 Å². The van der Waals surface area contributed by atoms with Gasteiger partial charge in [0, 0.05) is 47.0 Å². The number of aromatic nitrogens is 8. The van der Waals surface area contributed by atoms with Crippen molar-refractivity contribution in [2.24, 2.45) is 0 Å². The molecule has 8 saturated heterocycles. The van der Waals surface area contributed by atoms with E-state index in [4.69, 9.17) is 54.6 Å². The third-order valence-electron chi connectivity index (χ3n) is 15.8. The summed E-state index contributed by atoms with van der Waals surface area (Å²) < 4.78 is 157. The van der Waals surface area contributed by atoms with Gasteiger partial charge in [0.15, 0.2) is 24.9 Å². The molecule has 12 heterocycles. The van der Waals surface area contributed by atoms with Crippen molar-refractivity contribution in [3.8, 4) is 0 Å². The summed E-state index contributed by atoms with van der Waals surface area (Å²) in [6.45, 7) is 4.06. The quantitative estimate of drug-likeness (QED) is 0.0483. The summed E-state index contributed by atoms with van der Waals surface area (Å²) in [5.74, 6) is 0. The van der Waals surface area contributed by atoms with Crippen molar-refractivity contribution >= 4 is 40.5 Å². The van der Waals surface area contributed by atoms with Crippen LogP contribution in [0.3, 0.4) is 0 Å². The van der Waals surface area contributed by atoms with E-state index in [0.717, 1.165) is 43.3 Å². The Morgan fingerprint density at radius 3 is 0.717 bits per heavy atom. The minimum atomic E-state index is -3.73. The molecule has 8 N–H and O–H groups in total. The Morgan fingerprint density at radius 2 is 0.554 bits per heavy atom. The van der Waals surface area contributed by atoms with Crippen LogP contribution in [0.1, 0.15) is 47.2 Å². The number of ether oxygens (including phenoxy) is 8. The molecule has 0 aliphatic carbocycles. The van der Waals surface area contributed by atoms with Crippen molar-refractivity contribution in [2.75, 3.05) is 77.9 Å². The standard InChI is InChI=1S/4C12H16N2O8S/c4*1-6-3-14(11(17)13-9(6)16)10-7-8(15)12(22-10,4-20-7)5-21-23(2,18)19/h4*3,7-8,10,15H,4-5H2,1-2H3,(H,13,16,17)/t4*7-,8+,10-,12-/m1111/s1. The number of hydrogen-bond donors (Lipinski definition) is 8. The number of aliphatic hydroxyl groups is 4. The van der Waals surface area contributed by atoms with Crippen LogP contribution in [-0.4, -0.2) is 241 Å². The average molecular weight is 1390 g/mol. The third-order valence-corrected chi connectivity index (χ3v) is 18.0. The molecule has 0 spiro atoms. The Hall–Kier alpha value is -6.12. The first-order chi connectivity index (χ1) is 42.5. The minimum absolute atomic E-state index is 0.0675. The van der Waals surface area contributed by atoms with Crippen LogP contribution in [0, 0.1) is 27.7 Å². The number of aliphatic hydroxyl groups excluding tert-OH is 4. The summed E-state index contributed by atoms with van der Waals surface area (Å²) in [6, 6.07) is 0. The van der Waals surface area contributed by atoms with E-state index < -0.39 is 208 Å². The summed E-state index contributed by atoms with van der Waals surface area (Å²) in [5.41, 5.74) is -9.36. The second kappa shape index (κ2) is 25.2. The Kier molecular flexibility index (Phi) is 19.2. The molecule has 0 aromatic carbocycles. The molecule has 40 nitrogen and oxygen atoms in total. The van der Waals surface area contributed by atoms with Gasteiger partial charge in [-0.25, -0.2) is 19.2 Å². The number of nitrogens with zero attached hydrogens (tertiary/aromatic N) is 4. The van der Waals surface area contributed by atoms with Gasteiger partial charge in [-0.1, -0.05) is 0 Å². The van der Waals surface area contributed by atoms with Crippen LogP contribution in [0.4, 0.5) is 0 Å². The maximum absolute atomic E-state index is 11.9. The van der Waals surface area contributed by atoms with Crippen LogP contribution < -0.4 is 45.0 Å². The molecular formula is C48H64N8O32S4. The molecule has 0 saturated carbocycles. The Labute approximate surface area is 517 Å². The highest BCUT2D eigenvalue weighted by atomic mass is 32.2. The molecule has 4 aromatic heterocycles. The fourth-order valence-corrected chi connectivity index (χ4v) is 12.5. The molecule has 16 atom stereocenters. The molecule has 92 heavy (non-hydrogen) atoms. The van der Waals surface area contributed by atoms with Crippen molar-refractivity contribution in [1.29, 1.82) is 0 Å². The van der Waals surface area contributed by atoms with Gasteiger partial charge >= 0.3 is 22.8 Å². The summed E-state index contributed by atoms with van der Waals surface area (Å²) >= 11 is 0. The first kappa shape index (κ1) is 70.2. The lowest BCUT2D eigenvalue weighted by Crippen LogP contribution is -2.46. The number of nitrogens with one attached hydrogen (secondary N) is 4. The molecule has 8 fully saturated rings. The minimum Gasteiger partial charge on any atom is -0.387 e. The lowest BCUT2D eigenvalue weighted by molar-refractivity contribution is -0.184. The predicted octanol–water partition coefficient (Wildman–Crippen LogP) is -8.61. The van der Waals surface area contributed by atoms with Gasteiger partial charge in [0.25, 0.3) is 62.7 Å². The van der Waals surface area contributed by atoms with E-state index in [1.54, 1.807) is 0 Å². The molecule has 512 valence electrons. The molecule has 44 heteroatoms. The second-order valence-electron chi connectivity index (χ2n) is 23.0. The van der Waals surface area contributed by atoms with Gasteiger partial charge in [-0.2, -0.15) is 33.7 Å². The monoisotopic (exact) mass is 1390 g/mol. The van der Waals surface area contributed by atoms with Gasteiger partial charge in [0.1, 0.15) is 97.7 Å². The maximum Gasteiger partial charge on any atom is 0.330 e. The molecule has 12 rings (SSSR count). The largest absolute Gasteiger partial charge is 0.387 e. The normalized spacial score (nSPS) is 33.3. The van der Waals surface area contributed by atoms with Gasteiger partial charge in [0.05, 0.1) is 51.5 Å². The van der Waals surface area contributed by atoms with Crippen molar-refractivity contribution in [1.82, 2.24) is 38.2 Å². The maximum atomic E-state index is 11.9. The number of aryl methyl sites for hydroxylation is 4. The Morgan fingerprint density at radius 1 is 0.380 bits per heavy atom. The number of fused-ring (bicyclic) bond motifs is 8. The van der Waals surface area contributed by atoms with E-state index in [1.165, 1.54) is 52.5 Å². The van der Waals surface area contributed by atoms with E-state index >= 15 is 0 Å². The molecule has 8 aliphatic rings. The van der Waals surface area contributed by atoms with E-state index in [2.05, 4.69) is 19.9 Å². The van der Waals surface area contributed by atoms with E-state index in [0.29, 0.717) is 0 Å². The second-order valence-corrected chi connectivity index (χ2v) is 29.5. The van der Waals surface area contributed by atoms with Crippen molar-refractivity contribution < 1.29 is 109 Å². The van der Waals surface area contributed by atoms with Gasteiger partial charge in [-0.3, -0.25) is 74.1 Å². The van der Waals surface area contributed by atoms with Crippen molar-refractivity contribution in [3.63, 3.8) is 0 Å². The molecule has 0 radical (unpaired) electrons.